The highest BCUT2D eigenvalue weighted by Gasteiger charge is 2.08. The summed E-state index contributed by atoms with van der Waals surface area (Å²) < 4.78 is 0. The van der Waals surface area contributed by atoms with Crippen molar-refractivity contribution in [2.75, 3.05) is 11.9 Å². The van der Waals surface area contributed by atoms with Crippen LogP contribution in [0.25, 0.3) is 0 Å². The Labute approximate surface area is 113 Å². The molecule has 1 rings (SSSR count). The lowest BCUT2D eigenvalue weighted by Gasteiger charge is -2.02. The highest BCUT2D eigenvalue weighted by molar-refractivity contribution is 7.13. The molecule has 7 nitrogen and oxygen atoms in total. The number of aromatic nitrogens is 1. The standard InChI is InChI=1S/C11H12N4O3S/c12-6-8(7-15-11-14-4-5-19-11)10(18)13-3-1-2-9(16)17/h4-5,7H,1-3H2,(H,13,18)(H,14,15)(H,16,17)/b8-7-. The van der Waals surface area contributed by atoms with E-state index in [2.05, 4.69) is 15.6 Å². The number of hydrogen-bond acceptors (Lipinski definition) is 6. The SMILES string of the molecule is N#C/C(=C/Nc1nccs1)C(=O)NCCCC(=O)O. The number of carboxylic acid groups (broad SMARTS) is 1. The maximum atomic E-state index is 11.6. The lowest BCUT2D eigenvalue weighted by atomic mass is 10.2. The van der Waals surface area contributed by atoms with Crippen molar-refractivity contribution in [1.29, 1.82) is 5.26 Å². The number of rotatable bonds is 7. The largest absolute Gasteiger partial charge is 0.481 e. The van der Waals surface area contributed by atoms with E-state index in [1.165, 1.54) is 17.5 Å². The molecule has 1 aromatic heterocycles. The summed E-state index contributed by atoms with van der Waals surface area (Å²) in [6.45, 7) is 0.210. The summed E-state index contributed by atoms with van der Waals surface area (Å²) in [6.07, 6.45) is 3.16. The first-order chi connectivity index (χ1) is 9.13. The van der Waals surface area contributed by atoms with Crippen LogP contribution in [0.4, 0.5) is 5.13 Å². The minimum atomic E-state index is -0.921. The second kappa shape index (κ2) is 7.84. The van der Waals surface area contributed by atoms with Crippen LogP contribution in [-0.4, -0.2) is 28.5 Å². The van der Waals surface area contributed by atoms with Crippen LogP contribution < -0.4 is 10.6 Å². The third-order valence-electron chi connectivity index (χ3n) is 1.99. The van der Waals surface area contributed by atoms with E-state index in [4.69, 9.17) is 10.4 Å². The van der Waals surface area contributed by atoms with Crippen molar-refractivity contribution < 1.29 is 14.7 Å². The normalized spacial score (nSPS) is 10.6. The number of amides is 1. The molecule has 0 unspecified atom stereocenters. The second-order valence-electron chi connectivity index (χ2n) is 3.40. The topological polar surface area (TPSA) is 115 Å². The van der Waals surface area contributed by atoms with Gasteiger partial charge in [-0.15, -0.1) is 11.3 Å². The molecule has 1 amide bonds. The van der Waals surface area contributed by atoms with E-state index in [0.29, 0.717) is 11.6 Å². The van der Waals surface area contributed by atoms with E-state index in [-0.39, 0.29) is 18.5 Å². The highest BCUT2D eigenvalue weighted by Crippen LogP contribution is 2.10. The monoisotopic (exact) mass is 280 g/mol. The van der Waals surface area contributed by atoms with Crippen LogP contribution in [0.1, 0.15) is 12.8 Å². The van der Waals surface area contributed by atoms with Crippen molar-refractivity contribution in [2.45, 2.75) is 12.8 Å². The fourth-order valence-corrected chi connectivity index (χ4v) is 1.61. The van der Waals surface area contributed by atoms with Gasteiger partial charge in [-0.2, -0.15) is 5.26 Å². The van der Waals surface area contributed by atoms with Gasteiger partial charge in [0.2, 0.25) is 0 Å². The molecule has 8 heteroatoms. The van der Waals surface area contributed by atoms with Crippen molar-refractivity contribution in [1.82, 2.24) is 10.3 Å². The molecule has 19 heavy (non-hydrogen) atoms. The number of nitrogens with zero attached hydrogens (tertiary/aromatic N) is 2. The summed E-state index contributed by atoms with van der Waals surface area (Å²) in [5, 5.41) is 24.8. The number of aliphatic carboxylic acids is 1. The molecule has 0 bridgehead atoms. The van der Waals surface area contributed by atoms with Crippen molar-refractivity contribution in [3.63, 3.8) is 0 Å². The molecule has 0 spiro atoms. The number of carbonyl (C=O) groups is 2. The van der Waals surface area contributed by atoms with E-state index < -0.39 is 11.9 Å². The molecule has 1 aromatic rings. The molecule has 0 radical (unpaired) electrons. The van der Waals surface area contributed by atoms with Gasteiger partial charge in [0.25, 0.3) is 5.91 Å². The van der Waals surface area contributed by atoms with E-state index >= 15 is 0 Å². The number of thiazole rings is 1. The zero-order valence-corrected chi connectivity index (χ0v) is 10.7. The summed E-state index contributed by atoms with van der Waals surface area (Å²) in [6, 6.07) is 1.76. The zero-order chi connectivity index (χ0) is 14.1. The van der Waals surface area contributed by atoms with Gasteiger partial charge < -0.3 is 15.7 Å². The van der Waals surface area contributed by atoms with Crippen LogP contribution in [0, 0.1) is 11.3 Å². The summed E-state index contributed by atoms with van der Waals surface area (Å²) in [5.41, 5.74) is -0.0921. The molecule has 3 N–H and O–H groups in total. The summed E-state index contributed by atoms with van der Waals surface area (Å²) in [4.78, 5) is 25.8. The number of carbonyl (C=O) groups excluding carboxylic acids is 1. The quantitative estimate of drug-likeness (QED) is 0.389. The van der Waals surface area contributed by atoms with Gasteiger partial charge in [0.05, 0.1) is 0 Å². The summed E-state index contributed by atoms with van der Waals surface area (Å²) in [7, 11) is 0. The van der Waals surface area contributed by atoms with Gasteiger partial charge in [0.1, 0.15) is 11.6 Å². The number of nitriles is 1. The molecular formula is C11H12N4O3S. The number of carboxylic acids is 1. The van der Waals surface area contributed by atoms with Gasteiger partial charge in [0.15, 0.2) is 5.13 Å². The van der Waals surface area contributed by atoms with Crippen LogP contribution in [0.5, 0.6) is 0 Å². The van der Waals surface area contributed by atoms with Gasteiger partial charge in [0, 0.05) is 30.7 Å². The molecular weight excluding hydrogens is 268 g/mol. The maximum Gasteiger partial charge on any atom is 0.303 e. The number of anilines is 1. The van der Waals surface area contributed by atoms with Gasteiger partial charge in [-0.1, -0.05) is 0 Å². The smallest absolute Gasteiger partial charge is 0.303 e. The summed E-state index contributed by atoms with van der Waals surface area (Å²) >= 11 is 1.34. The summed E-state index contributed by atoms with van der Waals surface area (Å²) in [5.74, 6) is -1.47. The maximum absolute atomic E-state index is 11.6. The Hall–Kier alpha value is -2.40. The molecule has 0 aliphatic heterocycles. The Balaban J connectivity index is 2.41. The van der Waals surface area contributed by atoms with Gasteiger partial charge >= 0.3 is 5.97 Å². The van der Waals surface area contributed by atoms with Crippen LogP contribution in [0.2, 0.25) is 0 Å². The molecule has 0 saturated heterocycles. The molecule has 0 fully saturated rings. The van der Waals surface area contributed by atoms with Crippen LogP contribution in [0.3, 0.4) is 0 Å². The number of hydrogen-bond donors (Lipinski definition) is 3. The Morgan fingerprint density at radius 1 is 1.58 bits per heavy atom. The molecule has 0 aromatic carbocycles. The first kappa shape index (κ1) is 14.7. The van der Waals surface area contributed by atoms with E-state index in [9.17, 15) is 9.59 Å². The van der Waals surface area contributed by atoms with E-state index in [1.54, 1.807) is 17.6 Å². The fraction of sp³-hybridized carbons (Fsp3) is 0.273. The average Bonchev–Trinajstić information content (AvgIpc) is 2.88. The number of nitrogens with one attached hydrogen (secondary N) is 2. The van der Waals surface area contributed by atoms with E-state index in [1.807, 2.05) is 0 Å². The Morgan fingerprint density at radius 2 is 2.37 bits per heavy atom. The van der Waals surface area contributed by atoms with Gasteiger partial charge in [-0.3, -0.25) is 9.59 Å². The zero-order valence-electron chi connectivity index (χ0n) is 9.92. The highest BCUT2D eigenvalue weighted by atomic mass is 32.1. The Morgan fingerprint density at radius 3 is 2.95 bits per heavy atom. The van der Waals surface area contributed by atoms with Crippen molar-refractivity contribution in [2.24, 2.45) is 0 Å². The Kier molecular flexibility index (Phi) is 6.05. The Bertz CT molecular complexity index is 505. The van der Waals surface area contributed by atoms with Gasteiger partial charge in [-0.05, 0) is 6.42 Å². The van der Waals surface area contributed by atoms with Crippen LogP contribution >= 0.6 is 11.3 Å². The van der Waals surface area contributed by atoms with Crippen molar-refractivity contribution in [3.8, 4) is 6.07 Å². The third-order valence-corrected chi connectivity index (χ3v) is 2.69. The van der Waals surface area contributed by atoms with Crippen molar-refractivity contribution >= 4 is 28.3 Å². The first-order valence-electron chi connectivity index (χ1n) is 5.39. The first-order valence-corrected chi connectivity index (χ1v) is 6.27. The lowest BCUT2D eigenvalue weighted by Crippen LogP contribution is -2.26. The molecule has 0 atom stereocenters. The minimum absolute atomic E-state index is 0.0246. The van der Waals surface area contributed by atoms with E-state index in [0.717, 1.165) is 0 Å². The van der Waals surface area contributed by atoms with Crippen LogP contribution in [-0.2, 0) is 9.59 Å². The third kappa shape index (κ3) is 5.65. The molecule has 0 aliphatic carbocycles. The predicted molar refractivity (Wildman–Crippen MR) is 69.3 cm³/mol. The predicted octanol–water partition coefficient (Wildman–Crippen LogP) is 0.943. The molecule has 0 saturated carbocycles. The minimum Gasteiger partial charge on any atom is -0.481 e. The fourth-order valence-electron chi connectivity index (χ4n) is 1.11. The van der Waals surface area contributed by atoms with Gasteiger partial charge in [-0.25, -0.2) is 4.98 Å². The van der Waals surface area contributed by atoms with Crippen LogP contribution in [0.15, 0.2) is 23.3 Å². The lowest BCUT2D eigenvalue weighted by molar-refractivity contribution is -0.137. The molecule has 1 heterocycles. The van der Waals surface area contributed by atoms with Crippen molar-refractivity contribution in [3.05, 3.63) is 23.3 Å². The average molecular weight is 280 g/mol. The second-order valence-corrected chi connectivity index (χ2v) is 4.30. The molecule has 0 aliphatic rings. The molecule has 100 valence electrons.